The van der Waals surface area contributed by atoms with E-state index in [4.69, 9.17) is 0 Å². The van der Waals surface area contributed by atoms with Crippen molar-refractivity contribution in [2.45, 2.75) is 26.4 Å². The number of rotatable bonds is 2. The van der Waals surface area contributed by atoms with E-state index < -0.39 is 0 Å². The van der Waals surface area contributed by atoms with Gasteiger partial charge in [-0.05, 0) is 19.1 Å². The minimum absolute atomic E-state index is 0.00804. The van der Waals surface area contributed by atoms with Gasteiger partial charge >= 0.3 is 0 Å². The molecule has 18 heavy (non-hydrogen) atoms. The van der Waals surface area contributed by atoms with Gasteiger partial charge in [-0.25, -0.2) is 4.98 Å². The molecule has 2 aromatic heterocycles. The number of aromatic amines is 2. The predicted octanol–water partition coefficient (Wildman–Crippen LogP) is 0.965. The number of nitrogens with one attached hydrogen (secondary N) is 2. The number of aryl methyl sites for hydroxylation is 1. The third-order valence-corrected chi connectivity index (χ3v) is 3.32. The molecule has 0 radical (unpaired) electrons. The maximum atomic E-state index is 11.9. The fraction of sp³-hybridized carbons (Fsp3) is 0.385. The molecule has 3 heterocycles. The Morgan fingerprint density at radius 3 is 3.17 bits per heavy atom. The van der Waals surface area contributed by atoms with Crippen LogP contribution in [0.25, 0.3) is 0 Å². The summed E-state index contributed by atoms with van der Waals surface area (Å²) < 4.78 is 0. The number of aromatic nitrogens is 3. The highest BCUT2D eigenvalue weighted by atomic mass is 16.1. The molecule has 0 saturated heterocycles. The van der Waals surface area contributed by atoms with Crippen LogP contribution in [0.5, 0.6) is 0 Å². The van der Waals surface area contributed by atoms with Crippen molar-refractivity contribution in [1.82, 2.24) is 19.9 Å². The van der Waals surface area contributed by atoms with Gasteiger partial charge in [0.25, 0.3) is 5.56 Å². The summed E-state index contributed by atoms with van der Waals surface area (Å²) in [6, 6.07) is 4.05. The molecule has 0 unspecified atom stereocenters. The summed E-state index contributed by atoms with van der Waals surface area (Å²) in [6.45, 7) is 4.30. The molecule has 0 bridgehead atoms. The zero-order valence-electron chi connectivity index (χ0n) is 10.4. The Hall–Kier alpha value is -1.88. The smallest absolute Gasteiger partial charge is 0.255 e. The van der Waals surface area contributed by atoms with Crippen LogP contribution >= 0.6 is 0 Å². The molecule has 2 N–H and O–H groups in total. The fourth-order valence-electron chi connectivity index (χ4n) is 2.45. The molecule has 1 aliphatic heterocycles. The van der Waals surface area contributed by atoms with Gasteiger partial charge in [0.1, 0.15) is 5.82 Å². The van der Waals surface area contributed by atoms with Gasteiger partial charge in [-0.2, -0.15) is 0 Å². The van der Waals surface area contributed by atoms with Crippen LogP contribution in [0, 0.1) is 6.92 Å². The van der Waals surface area contributed by atoms with Gasteiger partial charge in [-0.15, -0.1) is 0 Å². The van der Waals surface area contributed by atoms with Crippen LogP contribution < -0.4 is 5.56 Å². The average molecular weight is 244 g/mol. The second kappa shape index (κ2) is 4.42. The Morgan fingerprint density at radius 2 is 2.39 bits per heavy atom. The molecule has 0 atom stereocenters. The van der Waals surface area contributed by atoms with E-state index in [-0.39, 0.29) is 5.56 Å². The number of hydrogen-bond donors (Lipinski definition) is 2. The van der Waals surface area contributed by atoms with Crippen LogP contribution in [-0.4, -0.2) is 26.4 Å². The van der Waals surface area contributed by atoms with Gasteiger partial charge in [0.2, 0.25) is 0 Å². The Labute approximate surface area is 105 Å². The zero-order chi connectivity index (χ0) is 12.5. The van der Waals surface area contributed by atoms with E-state index in [0.29, 0.717) is 12.4 Å². The summed E-state index contributed by atoms with van der Waals surface area (Å²) in [5.41, 5.74) is 2.96. The highest BCUT2D eigenvalue weighted by Crippen LogP contribution is 2.15. The van der Waals surface area contributed by atoms with Crippen molar-refractivity contribution in [3.05, 3.63) is 51.5 Å². The Balaban J connectivity index is 1.83. The number of H-pyrrole nitrogens is 2. The Kier molecular flexibility index (Phi) is 2.76. The van der Waals surface area contributed by atoms with Gasteiger partial charge in [0.15, 0.2) is 0 Å². The fourth-order valence-corrected chi connectivity index (χ4v) is 2.45. The van der Waals surface area contributed by atoms with E-state index >= 15 is 0 Å². The van der Waals surface area contributed by atoms with Gasteiger partial charge < -0.3 is 9.97 Å². The first-order chi connectivity index (χ1) is 8.72. The minimum atomic E-state index is 0.00804. The SMILES string of the molecule is Cc1nc2c(c(=O)[nH]1)CN(Cc1ccc[nH]1)CC2. The van der Waals surface area contributed by atoms with E-state index in [2.05, 4.69) is 25.9 Å². The molecule has 1 aliphatic rings. The van der Waals surface area contributed by atoms with Crippen LogP contribution in [0.15, 0.2) is 23.1 Å². The van der Waals surface area contributed by atoms with Crippen molar-refractivity contribution in [3.8, 4) is 0 Å². The molecular formula is C13H16N4O. The van der Waals surface area contributed by atoms with Crippen molar-refractivity contribution in [1.29, 1.82) is 0 Å². The molecule has 0 spiro atoms. The Morgan fingerprint density at radius 1 is 1.50 bits per heavy atom. The molecule has 5 nitrogen and oxygen atoms in total. The van der Waals surface area contributed by atoms with E-state index in [1.54, 1.807) is 0 Å². The van der Waals surface area contributed by atoms with Gasteiger partial charge in [0, 0.05) is 37.9 Å². The highest BCUT2D eigenvalue weighted by Gasteiger charge is 2.20. The van der Waals surface area contributed by atoms with E-state index in [9.17, 15) is 4.79 Å². The summed E-state index contributed by atoms with van der Waals surface area (Å²) in [6.07, 6.45) is 2.77. The van der Waals surface area contributed by atoms with E-state index in [1.807, 2.05) is 19.2 Å². The quantitative estimate of drug-likeness (QED) is 0.827. The third kappa shape index (κ3) is 2.09. The topological polar surface area (TPSA) is 64.8 Å². The second-order valence-electron chi connectivity index (χ2n) is 4.73. The molecule has 3 rings (SSSR count). The zero-order valence-corrected chi connectivity index (χ0v) is 10.4. The van der Waals surface area contributed by atoms with Crippen molar-refractivity contribution in [2.75, 3.05) is 6.54 Å². The van der Waals surface area contributed by atoms with Gasteiger partial charge in [-0.3, -0.25) is 9.69 Å². The van der Waals surface area contributed by atoms with Crippen molar-refractivity contribution < 1.29 is 0 Å². The summed E-state index contributed by atoms with van der Waals surface area (Å²) in [4.78, 5) is 24.5. The third-order valence-electron chi connectivity index (χ3n) is 3.32. The molecule has 2 aromatic rings. The highest BCUT2D eigenvalue weighted by molar-refractivity contribution is 5.21. The average Bonchev–Trinajstić information content (AvgIpc) is 2.83. The molecule has 0 amide bonds. The first-order valence-corrected chi connectivity index (χ1v) is 6.15. The van der Waals surface area contributed by atoms with Gasteiger partial charge in [-0.1, -0.05) is 0 Å². The maximum Gasteiger partial charge on any atom is 0.255 e. The van der Waals surface area contributed by atoms with Crippen molar-refractivity contribution in [2.24, 2.45) is 0 Å². The number of fused-ring (bicyclic) bond motifs is 1. The predicted molar refractivity (Wildman–Crippen MR) is 68.2 cm³/mol. The maximum absolute atomic E-state index is 11.9. The lowest BCUT2D eigenvalue weighted by atomic mass is 10.1. The molecule has 94 valence electrons. The molecule has 0 fully saturated rings. The first-order valence-electron chi connectivity index (χ1n) is 6.15. The second-order valence-corrected chi connectivity index (χ2v) is 4.73. The summed E-state index contributed by atoms with van der Waals surface area (Å²) >= 11 is 0. The lowest BCUT2D eigenvalue weighted by molar-refractivity contribution is 0.239. The first kappa shape index (κ1) is 11.2. The monoisotopic (exact) mass is 244 g/mol. The van der Waals surface area contributed by atoms with Crippen molar-refractivity contribution in [3.63, 3.8) is 0 Å². The molecular weight excluding hydrogens is 228 g/mol. The normalized spacial score (nSPS) is 15.6. The van der Waals surface area contributed by atoms with Crippen LogP contribution in [0.4, 0.5) is 0 Å². The van der Waals surface area contributed by atoms with Gasteiger partial charge in [0.05, 0.1) is 11.3 Å². The van der Waals surface area contributed by atoms with E-state index in [0.717, 1.165) is 30.8 Å². The molecule has 0 aromatic carbocycles. The van der Waals surface area contributed by atoms with Crippen LogP contribution in [0.3, 0.4) is 0 Å². The van der Waals surface area contributed by atoms with Crippen molar-refractivity contribution >= 4 is 0 Å². The largest absolute Gasteiger partial charge is 0.364 e. The van der Waals surface area contributed by atoms with Crippen LogP contribution in [-0.2, 0) is 19.5 Å². The molecule has 0 aliphatic carbocycles. The lowest BCUT2D eigenvalue weighted by Crippen LogP contribution is -2.35. The summed E-state index contributed by atoms with van der Waals surface area (Å²) in [5, 5.41) is 0. The molecule has 5 heteroatoms. The van der Waals surface area contributed by atoms with E-state index in [1.165, 1.54) is 5.69 Å². The minimum Gasteiger partial charge on any atom is -0.364 e. The number of nitrogens with zero attached hydrogens (tertiary/aromatic N) is 2. The van der Waals surface area contributed by atoms with Crippen LogP contribution in [0.2, 0.25) is 0 Å². The number of hydrogen-bond acceptors (Lipinski definition) is 3. The Bertz CT molecular complexity index is 600. The lowest BCUT2D eigenvalue weighted by Gasteiger charge is -2.27. The summed E-state index contributed by atoms with van der Waals surface area (Å²) in [5.74, 6) is 0.705. The summed E-state index contributed by atoms with van der Waals surface area (Å²) in [7, 11) is 0. The standard InChI is InChI=1S/C13H16N4O/c1-9-15-12-4-6-17(7-10-3-2-5-14-10)8-11(12)13(18)16-9/h2-3,5,14H,4,6-8H2,1H3,(H,15,16,18). The molecule has 0 saturated carbocycles. The van der Waals surface area contributed by atoms with Crippen LogP contribution in [0.1, 0.15) is 22.8 Å².